The van der Waals surface area contributed by atoms with E-state index in [1.807, 2.05) is 31.2 Å². The predicted octanol–water partition coefficient (Wildman–Crippen LogP) is 3.77. The molecule has 2 aromatic rings. The Hall–Kier alpha value is -1.87. The van der Waals surface area contributed by atoms with Gasteiger partial charge in [-0.3, -0.25) is 4.79 Å². The zero-order chi connectivity index (χ0) is 15.2. The average molecular weight is 306 g/mol. The molecule has 2 aromatic carbocycles. The van der Waals surface area contributed by atoms with Crippen LogP contribution >= 0.6 is 11.6 Å². The van der Waals surface area contributed by atoms with Crippen molar-refractivity contribution in [2.45, 2.75) is 25.8 Å². The number of rotatable bonds is 5. The summed E-state index contributed by atoms with van der Waals surface area (Å²) < 4.78 is 12.8. The van der Waals surface area contributed by atoms with Gasteiger partial charge in [0.1, 0.15) is 5.82 Å². The Morgan fingerprint density at radius 1 is 1.19 bits per heavy atom. The number of carbonyl (C=O) groups is 1. The Balaban J connectivity index is 1.86. The van der Waals surface area contributed by atoms with Gasteiger partial charge in [-0.1, -0.05) is 35.9 Å². The van der Waals surface area contributed by atoms with Crippen LogP contribution in [0.5, 0.6) is 0 Å². The zero-order valence-electron chi connectivity index (χ0n) is 11.8. The van der Waals surface area contributed by atoms with Crippen LogP contribution in [0.25, 0.3) is 0 Å². The maximum Gasteiger partial charge on any atom is 0.224 e. The van der Waals surface area contributed by atoms with E-state index in [4.69, 9.17) is 11.6 Å². The van der Waals surface area contributed by atoms with Crippen LogP contribution in [0.2, 0.25) is 5.02 Å². The first kappa shape index (κ1) is 15.5. The summed E-state index contributed by atoms with van der Waals surface area (Å²) in [5.41, 5.74) is 1.88. The monoisotopic (exact) mass is 305 g/mol. The van der Waals surface area contributed by atoms with Gasteiger partial charge in [0, 0.05) is 11.1 Å². The number of hydrogen-bond donors (Lipinski definition) is 1. The molecule has 0 radical (unpaired) electrons. The second-order valence-electron chi connectivity index (χ2n) is 5.11. The molecule has 0 heterocycles. The van der Waals surface area contributed by atoms with Crippen molar-refractivity contribution >= 4 is 17.5 Å². The highest BCUT2D eigenvalue weighted by Crippen LogP contribution is 2.12. The van der Waals surface area contributed by atoms with Crippen molar-refractivity contribution < 1.29 is 9.18 Å². The molecule has 0 aliphatic rings. The van der Waals surface area contributed by atoms with E-state index in [2.05, 4.69) is 5.32 Å². The highest BCUT2D eigenvalue weighted by atomic mass is 35.5. The molecule has 2 nitrogen and oxygen atoms in total. The van der Waals surface area contributed by atoms with Crippen LogP contribution in [0.3, 0.4) is 0 Å². The Morgan fingerprint density at radius 3 is 2.57 bits per heavy atom. The van der Waals surface area contributed by atoms with Crippen molar-refractivity contribution in [3.8, 4) is 0 Å². The van der Waals surface area contributed by atoms with E-state index < -0.39 is 0 Å². The molecule has 2 rings (SSSR count). The van der Waals surface area contributed by atoms with Gasteiger partial charge in [-0.2, -0.15) is 0 Å². The molecular formula is C17H17ClFNO. The van der Waals surface area contributed by atoms with Crippen LogP contribution in [0, 0.1) is 5.82 Å². The normalized spacial score (nSPS) is 12.0. The maximum absolute atomic E-state index is 12.8. The smallest absolute Gasteiger partial charge is 0.224 e. The number of nitrogens with one attached hydrogen (secondary N) is 1. The predicted molar refractivity (Wildman–Crippen MR) is 82.9 cm³/mol. The maximum atomic E-state index is 12.8. The molecule has 0 aliphatic heterocycles. The van der Waals surface area contributed by atoms with E-state index in [0.717, 1.165) is 17.5 Å². The fourth-order valence-corrected chi connectivity index (χ4v) is 2.39. The highest BCUT2D eigenvalue weighted by Gasteiger charge is 2.09. The van der Waals surface area contributed by atoms with Gasteiger partial charge in [0.05, 0.1) is 6.42 Å². The van der Waals surface area contributed by atoms with Gasteiger partial charge in [-0.05, 0) is 48.7 Å². The van der Waals surface area contributed by atoms with Crippen molar-refractivity contribution in [2.24, 2.45) is 0 Å². The standard InChI is InChI=1S/C17H17ClFNO/c1-12(9-14-3-2-4-15(18)10-14)20-17(21)11-13-5-7-16(19)8-6-13/h2-8,10,12H,9,11H2,1H3,(H,20,21)/t12-/m1/s1. The summed E-state index contributed by atoms with van der Waals surface area (Å²) in [6, 6.07) is 13.6. The Labute approximate surface area is 128 Å². The van der Waals surface area contributed by atoms with Crippen molar-refractivity contribution in [2.75, 3.05) is 0 Å². The average Bonchev–Trinajstić information content (AvgIpc) is 2.41. The molecule has 0 aromatic heterocycles. The molecule has 110 valence electrons. The molecule has 0 saturated carbocycles. The van der Waals surface area contributed by atoms with Crippen LogP contribution < -0.4 is 5.32 Å². The SMILES string of the molecule is C[C@H](Cc1cccc(Cl)c1)NC(=O)Cc1ccc(F)cc1. The van der Waals surface area contributed by atoms with Crippen LogP contribution in [-0.2, 0) is 17.6 Å². The molecule has 21 heavy (non-hydrogen) atoms. The molecule has 0 saturated heterocycles. The van der Waals surface area contributed by atoms with Gasteiger partial charge in [0.15, 0.2) is 0 Å². The van der Waals surface area contributed by atoms with Crippen LogP contribution in [-0.4, -0.2) is 11.9 Å². The van der Waals surface area contributed by atoms with E-state index in [-0.39, 0.29) is 24.2 Å². The van der Waals surface area contributed by atoms with Gasteiger partial charge in [0.2, 0.25) is 5.91 Å². The summed E-state index contributed by atoms with van der Waals surface area (Å²) in [7, 11) is 0. The van der Waals surface area contributed by atoms with Gasteiger partial charge < -0.3 is 5.32 Å². The first-order valence-corrected chi connectivity index (χ1v) is 7.19. The lowest BCUT2D eigenvalue weighted by Crippen LogP contribution is -2.35. The third-order valence-corrected chi connectivity index (χ3v) is 3.35. The zero-order valence-corrected chi connectivity index (χ0v) is 12.5. The third-order valence-electron chi connectivity index (χ3n) is 3.12. The molecule has 0 fully saturated rings. The molecule has 0 unspecified atom stereocenters. The van der Waals surface area contributed by atoms with Crippen LogP contribution in [0.1, 0.15) is 18.1 Å². The third kappa shape index (κ3) is 5.20. The molecular weight excluding hydrogens is 289 g/mol. The van der Waals surface area contributed by atoms with Crippen molar-refractivity contribution in [1.82, 2.24) is 5.32 Å². The topological polar surface area (TPSA) is 29.1 Å². The van der Waals surface area contributed by atoms with Crippen molar-refractivity contribution in [3.63, 3.8) is 0 Å². The van der Waals surface area contributed by atoms with Crippen LogP contribution in [0.4, 0.5) is 4.39 Å². The Bertz CT molecular complexity index is 612. The van der Waals surface area contributed by atoms with Crippen molar-refractivity contribution in [3.05, 3.63) is 70.5 Å². The second-order valence-corrected chi connectivity index (χ2v) is 5.54. The van der Waals surface area contributed by atoms with E-state index >= 15 is 0 Å². The minimum atomic E-state index is -0.298. The van der Waals surface area contributed by atoms with Gasteiger partial charge in [-0.15, -0.1) is 0 Å². The number of carbonyl (C=O) groups excluding carboxylic acids is 1. The van der Waals surface area contributed by atoms with E-state index in [1.54, 1.807) is 12.1 Å². The largest absolute Gasteiger partial charge is 0.353 e. The Morgan fingerprint density at radius 2 is 1.90 bits per heavy atom. The lowest BCUT2D eigenvalue weighted by molar-refractivity contribution is -0.121. The number of benzene rings is 2. The summed E-state index contributed by atoms with van der Waals surface area (Å²) in [6.45, 7) is 1.95. The number of hydrogen-bond acceptors (Lipinski definition) is 1. The van der Waals surface area contributed by atoms with Gasteiger partial charge in [-0.25, -0.2) is 4.39 Å². The second kappa shape index (κ2) is 7.23. The highest BCUT2D eigenvalue weighted by molar-refractivity contribution is 6.30. The van der Waals surface area contributed by atoms with Gasteiger partial charge in [0.25, 0.3) is 0 Å². The Kier molecular flexibility index (Phi) is 5.34. The molecule has 1 atom stereocenters. The van der Waals surface area contributed by atoms with Crippen molar-refractivity contribution in [1.29, 1.82) is 0 Å². The summed E-state index contributed by atoms with van der Waals surface area (Å²) in [4.78, 5) is 11.9. The number of amides is 1. The van der Waals surface area contributed by atoms with E-state index in [0.29, 0.717) is 5.02 Å². The van der Waals surface area contributed by atoms with E-state index in [1.165, 1.54) is 12.1 Å². The summed E-state index contributed by atoms with van der Waals surface area (Å²) in [6.07, 6.45) is 0.968. The summed E-state index contributed by atoms with van der Waals surface area (Å²) in [5.74, 6) is -0.371. The molecule has 0 bridgehead atoms. The molecule has 1 amide bonds. The summed E-state index contributed by atoms with van der Waals surface area (Å²) >= 11 is 5.94. The molecule has 4 heteroatoms. The quantitative estimate of drug-likeness (QED) is 0.895. The molecule has 0 aliphatic carbocycles. The lowest BCUT2D eigenvalue weighted by atomic mass is 10.1. The minimum absolute atomic E-state index is 0.0106. The minimum Gasteiger partial charge on any atom is -0.353 e. The molecule has 1 N–H and O–H groups in total. The fraction of sp³-hybridized carbons (Fsp3) is 0.235. The van der Waals surface area contributed by atoms with E-state index in [9.17, 15) is 9.18 Å². The lowest BCUT2D eigenvalue weighted by Gasteiger charge is -2.14. The first-order valence-electron chi connectivity index (χ1n) is 6.81. The fourth-order valence-electron chi connectivity index (χ4n) is 2.18. The molecule has 0 spiro atoms. The summed E-state index contributed by atoms with van der Waals surface area (Å²) in [5, 5.41) is 3.63. The van der Waals surface area contributed by atoms with Gasteiger partial charge >= 0.3 is 0 Å². The first-order chi connectivity index (χ1) is 10.0. The number of halogens is 2. The van der Waals surface area contributed by atoms with Crippen LogP contribution in [0.15, 0.2) is 48.5 Å².